The average Bonchev–Trinajstić information content (AvgIpc) is 2.69. The lowest BCUT2D eigenvalue weighted by atomic mass is 9.82. The van der Waals surface area contributed by atoms with Crippen molar-refractivity contribution in [1.82, 2.24) is 0 Å². The van der Waals surface area contributed by atoms with Crippen LogP contribution in [-0.4, -0.2) is 22.0 Å². The van der Waals surface area contributed by atoms with Gasteiger partial charge in [-0.25, -0.2) is 0 Å². The molecule has 0 heterocycles. The fraction of sp³-hybridized carbons (Fsp3) is 1.00. The highest BCUT2D eigenvalue weighted by Crippen LogP contribution is 2.52. The minimum Gasteiger partial charge on any atom is -0.158 e. The molecule has 0 N–H and O–H groups in total. The molecule has 0 spiro atoms. The van der Waals surface area contributed by atoms with E-state index in [-0.39, 0.29) is 0 Å². The normalized spacial score (nSPS) is 23.8. The Kier molecular flexibility index (Phi) is 4.28. The summed E-state index contributed by atoms with van der Waals surface area (Å²) in [6, 6.07) is 0. The van der Waals surface area contributed by atoms with Crippen molar-refractivity contribution in [3.05, 3.63) is 0 Å². The number of hydrogen-bond donors (Lipinski definition) is 0. The molecule has 0 nitrogen and oxygen atoms in total. The van der Waals surface area contributed by atoms with E-state index in [2.05, 4.69) is 45.0 Å². The Balaban J connectivity index is 2.83. The Morgan fingerprint density at radius 3 is 1.79 bits per heavy atom. The summed E-state index contributed by atoms with van der Waals surface area (Å²) >= 11 is 4.10. The Bertz CT molecular complexity index is 183. The summed E-state index contributed by atoms with van der Waals surface area (Å²) in [4.78, 5) is 0. The van der Waals surface area contributed by atoms with E-state index in [9.17, 15) is 0 Å². The second-order valence-electron chi connectivity index (χ2n) is 5.01. The fourth-order valence-corrected chi connectivity index (χ4v) is 4.72. The first-order chi connectivity index (χ1) is 6.48. The van der Waals surface area contributed by atoms with Gasteiger partial charge in [0.2, 0.25) is 0 Å². The van der Waals surface area contributed by atoms with E-state index in [0.29, 0.717) is 9.49 Å². The van der Waals surface area contributed by atoms with Crippen LogP contribution in [0.1, 0.15) is 46.5 Å². The lowest BCUT2D eigenvalue weighted by Gasteiger charge is -2.46. The van der Waals surface area contributed by atoms with Crippen LogP contribution in [0.3, 0.4) is 0 Å². The predicted molar refractivity (Wildman–Crippen MR) is 71.5 cm³/mol. The minimum atomic E-state index is 0.390. The van der Waals surface area contributed by atoms with E-state index < -0.39 is 0 Å². The van der Waals surface area contributed by atoms with Gasteiger partial charge in [0.15, 0.2) is 0 Å². The number of rotatable bonds is 4. The molecule has 1 atom stereocenters. The van der Waals surface area contributed by atoms with Crippen LogP contribution in [-0.2, 0) is 0 Å². The number of hydrogen-bond acceptors (Lipinski definition) is 2. The molecule has 0 saturated heterocycles. The van der Waals surface area contributed by atoms with Crippen molar-refractivity contribution < 1.29 is 0 Å². The molecule has 84 valence electrons. The Labute approximate surface area is 98.0 Å². The molecule has 1 aliphatic carbocycles. The van der Waals surface area contributed by atoms with Gasteiger partial charge in [0.1, 0.15) is 0 Å². The van der Waals surface area contributed by atoms with Crippen LogP contribution in [0, 0.1) is 5.92 Å². The Morgan fingerprint density at radius 2 is 1.43 bits per heavy atom. The zero-order valence-electron chi connectivity index (χ0n) is 10.2. The van der Waals surface area contributed by atoms with Crippen LogP contribution in [0.15, 0.2) is 0 Å². The molecule has 1 saturated carbocycles. The van der Waals surface area contributed by atoms with Crippen LogP contribution in [0.5, 0.6) is 0 Å². The summed E-state index contributed by atoms with van der Waals surface area (Å²) in [6.07, 6.45) is 10.3. The molecule has 0 aliphatic heterocycles. The molecule has 0 aromatic carbocycles. The van der Waals surface area contributed by atoms with Gasteiger partial charge >= 0.3 is 0 Å². The highest BCUT2D eigenvalue weighted by atomic mass is 32.2. The molecule has 1 unspecified atom stereocenters. The molecular weight excluding hydrogens is 208 g/mol. The zero-order chi connectivity index (χ0) is 10.8. The molecule has 0 aromatic heterocycles. The van der Waals surface area contributed by atoms with Crippen molar-refractivity contribution in [3.63, 3.8) is 0 Å². The average molecular weight is 232 g/mol. The van der Waals surface area contributed by atoms with E-state index >= 15 is 0 Å². The first-order valence-electron chi connectivity index (χ1n) is 5.58. The van der Waals surface area contributed by atoms with Crippen molar-refractivity contribution in [2.24, 2.45) is 5.92 Å². The summed E-state index contributed by atoms with van der Waals surface area (Å²) in [6.45, 7) is 7.29. The Morgan fingerprint density at radius 1 is 0.929 bits per heavy atom. The van der Waals surface area contributed by atoms with Gasteiger partial charge in [0.05, 0.1) is 0 Å². The highest BCUT2D eigenvalue weighted by molar-refractivity contribution is 8.04. The molecule has 0 aromatic rings. The maximum absolute atomic E-state index is 2.48. The highest BCUT2D eigenvalue weighted by Gasteiger charge is 2.46. The summed E-state index contributed by atoms with van der Waals surface area (Å²) in [7, 11) is 0. The van der Waals surface area contributed by atoms with Crippen LogP contribution >= 0.6 is 23.5 Å². The summed E-state index contributed by atoms with van der Waals surface area (Å²) in [5.74, 6) is 0.931. The van der Waals surface area contributed by atoms with E-state index in [4.69, 9.17) is 0 Å². The zero-order valence-corrected chi connectivity index (χ0v) is 11.9. The summed E-state index contributed by atoms with van der Waals surface area (Å²) in [5, 5.41) is 0. The van der Waals surface area contributed by atoms with E-state index in [1.807, 2.05) is 11.8 Å². The maximum Gasteiger partial charge on any atom is 0.0298 e. The molecule has 2 heteroatoms. The molecule has 0 amide bonds. The molecular formula is C12H24S2. The van der Waals surface area contributed by atoms with Crippen LogP contribution < -0.4 is 0 Å². The van der Waals surface area contributed by atoms with Gasteiger partial charge in [-0.1, -0.05) is 12.8 Å². The lowest BCUT2D eigenvalue weighted by Crippen LogP contribution is -2.47. The molecule has 1 rings (SSSR count). The van der Waals surface area contributed by atoms with E-state index in [0.717, 1.165) is 5.92 Å². The van der Waals surface area contributed by atoms with Gasteiger partial charge in [-0.05, 0) is 52.0 Å². The molecule has 0 radical (unpaired) electrons. The van der Waals surface area contributed by atoms with Crippen LogP contribution in [0.4, 0.5) is 0 Å². The summed E-state index contributed by atoms with van der Waals surface area (Å²) in [5.41, 5.74) is 0. The maximum atomic E-state index is 2.48. The third kappa shape index (κ3) is 2.11. The van der Waals surface area contributed by atoms with E-state index in [1.54, 1.807) is 0 Å². The molecule has 14 heavy (non-hydrogen) atoms. The van der Waals surface area contributed by atoms with Gasteiger partial charge in [-0.3, -0.25) is 0 Å². The fourth-order valence-electron chi connectivity index (χ4n) is 2.58. The quantitative estimate of drug-likeness (QED) is 0.703. The molecule has 1 aliphatic rings. The first kappa shape index (κ1) is 12.8. The number of thioether (sulfide) groups is 2. The second kappa shape index (κ2) is 4.69. The Hall–Kier alpha value is 0.700. The third-order valence-electron chi connectivity index (χ3n) is 4.26. The molecule has 1 fully saturated rings. The van der Waals surface area contributed by atoms with Gasteiger partial charge in [-0.2, -0.15) is 23.5 Å². The second-order valence-corrected chi connectivity index (χ2v) is 7.69. The van der Waals surface area contributed by atoms with Crippen molar-refractivity contribution in [1.29, 1.82) is 0 Å². The SMILES string of the molecule is CSC(C)(C)C(C)(SC)C1CCCC1. The van der Waals surface area contributed by atoms with Gasteiger partial charge in [-0.15, -0.1) is 0 Å². The minimum absolute atomic E-state index is 0.390. The molecule has 0 bridgehead atoms. The van der Waals surface area contributed by atoms with Gasteiger partial charge in [0.25, 0.3) is 0 Å². The van der Waals surface area contributed by atoms with Gasteiger partial charge < -0.3 is 0 Å². The van der Waals surface area contributed by atoms with Crippen molar-refractivity contribution in [2.75, 3.05) is 12.5 Å². The van der Waals surface area contributed by atoms with Crippen molar-refractivity contribution >= 4 is 23.5 Å². The smallest absolute Gasteiger partial charge is 0.0298 e. The summed E-state index contributed by atoms with van der Waals surface area (Å²) < 4.78 is 0.838. The van der Waals surface area contributed by atoms with E-state index in [1.165, 1.54) is 25.7 Å². The van der Waals surface area contributed by atoms with Crippen molar-refractivity contribution in [2.45, 2.75) is 55.9 Å². The largest absolute Gasteiger partial charge is 0.158 e. The third-order valence-corrected chi connectivity index (χ3v) is 7.53. The topological polar surface area (TPSA) is 0 Å². The predicted octanol–water partition coefficient (Wildman–Crippen LogP) is 4.44. The monoisotopic (exact) mass is 232 g/mol. The first-order valence-corrected chi connectivity index (χ1v) is 8.03. The standard InChI is InChI=1S/C12H24S2/c1-11(2,13-4)12(3,14-5)10-8-6-7-9-10/h10H,6-9H2,1-5H3. The van der Waals surface area contributed by atoms with Gasteiger partial charge in [0, 0.05) is 9.49 Å². The lowest BCUT2D eigenvalue weighted by molar-refractivity contribution is 0.351. The van der Waals surface area contributed by atoms with Crippen LogP contribution in [0.25, 0.3) is 0 Å². The van der Waals surface area contributed by atoms with Crippen LogP contribution in [0.2, 0.25) is 0 Å². The van der Waals surface area contributed by atoms with Crippen molar-refractivity contribution in [3.8, 4) is 0 Å².